The molecule has 0 aromatic heterocycles. The largest absolute Gasteiger partial charge is 0.346 e. The Morgan fingerprint density at radius 1 is 1.00 bits per heavy atom. The Balaban J connectivity index is 2.15. The van der Waals surface area contributed by atoms with E-state index in [1.165, 1.54) is 11.1 Å². The third-order valence-electron chi connectivity index (χ3n) is 3.52. The smallest absolute Gasteiger partial charge is 0.251 e. The molecule has 0 bridgehead atoms. The summed E-state index contributed by atoms with van der Waals surface area (Å²) in [5.74, 6) is -0.0267. The van der Waals surface area contributed by atoms with Crippen LogP contribution in [0, 0.1) is 20.8 Å². The molecular weight excluding hydrogens is 246 g/mol. The van der Waals surface area contributed by atoms with E-state index < -0.39 is 0 Å². The molecule has 0 unspecified atom stereocenters. The first-order valence-electron chi connectivity index (χ1n) is 6.92. The summed E-state index contributed by atoms with van der Waals surface area (Å²) in [7, 11) is 0. The van der Waals surface area contributed by atoms with Crippen molar-refractivity contribution in [2.45, 2.75) is 33.7 Å². The SMILES string of the molecule is Cc1cccc(C(=O)N[C@H](C)c2ccc(C)cc2C)c1. The molecule has 2 heteroatoms. The second-order valence-electron chi connectivity index (χ2n) is 5.42. The Bertz CT molecular complexity index is 631. The highest BCUT2D eigenvalue weighted by Gasteiger charge is 2.13. The van der Waals surface area contributed by atoms with Crippen molar-refractivity contribution in [1.29, 1.82) is 0 Å². The van der Waals surface area contributed by atoms with Crippen molar-refractivity contribution in [2.75, 3.05) is 0 Å². The summed E-state index contributed by atoms with van der Waals surface area (Å²) < 4.78 is 0. The number of carbonyl (C=O) groups excluding carboxylic acids is 1. The third kappa shape index (κ3) is 3.27. The Hall–Kier alpha value is -2.09. The van der Waals surface area contributed by atoms with E-state index in [-0.39, 0.29) is 11.9 Å². The molecule has 0 radical (unpaired) electrons. The lowest BCUT2D eigenvalue weighted by molar-refractivity contribution is 0.0939. The van der Waals surface area contributed by atoms with Gasteiger partial charge in [-0.05, 0) is 51.0 Å². The van der Waals surface area contributed by atoms with Crippen LogP contribution in [0.4, 0.5) is 0 Å². The van der Waals surface area contributed by atoms with Crippen LogP contribution in [0.1, 0.15) is 45.6 Å². The highest BCUT2D eigenvalue weighted by atomic mass is 16.1. The number of carbonyl (C=O) groups is 1. The highest BCUT2D eigenvalue weighted by molar-refractivity contribution is 5.94. The molecule has 1 atom stereocenters. The lowest BCUT2D eigenvalue weighted by atomic mass is 10.00. The Labute approximate surface area is 120 Å². The lowest BCUT2D eigenvalue weighted by Gasteiger charge is -2.17. The van der Waals surface area contributed by atoms with Gasteiger partial charge in [-0.3, -0.25) is 4.79 Å². The maximum Gasteiger partial charge on any atom is 0.251 e. The second-order valence-corrected chi connectivity index (χ2v) is 5.42. The van der Waals surface area contributed by atoms with Gasteiger partial charge in [-0.25, -0.2) is 0 Å². The summed E-state index contributed by atoms with van der Waals surface area (Å²) in [6.07, 6.45) is 0. The minimum atomic E-state index is -0.0267. The van der Waals surface area contributed by atoms with Crippen LogP contribution in [0.25, 0.3) is 0 Å². The van der Waals surface area contributed by atoms with Crippen LogP contribution in [0.5, 0.6) is 0 Å². The molecule has 0 aliphatic carbocycles. The van der Waals surface area contributed by atoms with Crippen LogP contribution in [0.3, 0.4) is 0 Å². The zero-order valence-corrected chi connectivity index (χ0v) is 12.5. The van der Waals surface area contributed by atoms with Crippen molar-refractivity contribution in [3.8, 4) is 0 Å². The van der Waals surface area contributed by atoms with E-state index in [4.69, 9.17) is 0 Å². The van der Waals surface area contributed by atoms with Crippen molar-refractivity contribution in [3.05, 3.63) is 70.3 Å². The Morgan fingerprint density at radius 3 is 2.35 bits per heavy atom. The zero-order chi connectivity index (χ0) is 14.7. The molecule has 104 valence electrons. The molecule has 0 spiro atoms. The second kappa shape index (κ2) is 5.91. The predicted octanol–water partition coefficient (Wildman–Crippen LogP) is 4.10. The van der Waals surface area contributed by atoms with Gasteiger partial charge in [0.15, 0.2) is 0 Å². The molecule has 0 aliphatic heterocycles. The molecule has 2 nitrogen and oxygen atoms in total. The number of hydrogen-bond donors (Lipinski definition) is 1. The number of benzene rings is 2. The van der Waals surface area contributed by atoms with E-state index in [0.717, 1.165) is 11.1 Å². The van der Waals surface area contributed by atoms with Gasteiger partial charge in [-0.2, -0.15) is 0 Å². The number of rotatable bonds is 3. The summed E-state index contributed by atoms with van der Waals surface area (Å²) >= 11 is 0. The fourth-order valence-electron chi connectivity index (χ4n) is 2.46. The number of hydrogen-bond acceptors (Lipinski definition) is 1. The van der Waals surface area contributed by atoms with Gasteiger partial charge in [0.2, 0.25) is 0 Å². The molecule has 0 aliphatic rings. The number of nitrogens with one attached hydrogen (secondary N) is 1. The van der Waals surface area contributed by atoms with Gasteiger partial charge < -0.3 is 5.32 Å². The van der Waals surface area contributed by atoms with Crippen LogP contribution >= 0.6 is 0 Å². The number of amides is 1. The van der Waals surface area contributed by atoms with E-state index in [0.29, 0.717) is 5.56 Å². The summed E-state index contributed by atoms with van der Waals surface area (Å²) in [6.45, 7) is 8.17. The standard InChI is InChI=1S/C18H21NO/c1-12-6-5-7-16(11-12)18(20)19-15(4)17-9-8-13(2)10-14(17)3/h5-11,15H,1-4H3,(H,19,20)/t15-/m1/s1. The van der Waals surface area contributed by atoms with E-state index in [1.807, 2.05) is 38.1 Å². The first kappa shape index (κ1) is 14.3. The fraction of sp³-hybridized carbons (Fsp3) is 0.278. The van der Waals surface area contributed by atoms with Crippen LogP contribution < -0.4 is 5.32 Å². The molecule has 0 heterocycles. The monoisotopic (exact) mass is 267 g/mol. The lowest BCUT2D eigenvalue weighted by Crippen LogP contribution is -2.27. The fourth-order valence-corrected chi connectivity index (χ4v) is 2.46. The van der Waals surface area contributed by atoms with Gasteiger partial charge in [-0.15, -0.1) is 0 Å². The molecular formula is C18H21NO. The molecule has 2 rings (SSSR count). The van der Waals surface area contributed by atoms with Gasteiger partial charge in [0.25, 0.3) is 5.91 Å². The van der Waals surface area contributed by atoms with E-state index >= 15 is 0 Å². The average molecular weight is 267 g/mol. The Morgan fingerprint density at radius 2 is 1.70 bits per heavy atom. The topological polar surface area (TPSA) is 29.1 Å². The summed E-state index contributed by atoms with van der Waals surface area (Å²) in [5.41, 5.74) is 5.42. The van der Waals surface area contributed by atoms with Gasteiger partial charge in [0.1, 0.15) is 0 Å². The first-order chi connectivity index (χ1) is 9.47. The van der Waals surface area contributed by atoms with E-state index in [1.54, 1.807) is 0 Å². The third-order valence-corrected chi connectivity index (χ3v) is 3.52. The maximum absolute atomic E-state index is 12.2. The molecule has 0 saturated heterocycles. The molecule has 0 saturated carbocycles. The summed E-state index contributed by atoms with van der Waals surface area (Å²) in [5, 5.41) is 3.06. The van der Waals surface area contributed by atoms with Gasteiger partial charge in [0, 0.05) is 5.56 Å². The predicted molar refractivity (Wildman–Crippen MR) is 83.0 cm³/mol. The number of aryl methyl sites for hydroxylation is 3. The molecule has 1 N–H and O–H groups in total. The zero-order valence-electron chi connectivity index (χ0n) is 12.5. The average Bonchev–Trinajstić information content (AvgIpc) is 2.38. The molecule has 1 amide bonds. The van der Waals surface area contributed by atoms with E-state index in [2.05, 4.69) is 37.4 Å². The highest BCUT2D eigenvalue weighted by Crippen LogP contribution is 2.19. The van der Waals surface area contributed by atoms with Crippen LogP contribution in [0.15, 0.2) is 42.5 Å². The van der Waals surface area contributed by atoms with Gasteiger partial charge in [0.05, 0.1) is 6.04 Å². The van der Waals surface area contributed by atoms with Crippen molar-refractivity contribution >= 4 is 5.91 Å². The van der Waals surface area contributed by atoms with Crippen LogP contribution in [0.2, 0.25) is 0 Å². The van der Waals surface area contributed by atoms with Gasteiger partial charge >= 0.3 is 0 Å². The minimum absolute atomic E-state index is 0.00334. The minimum Gasteiger partial charge on any atom is -0.346 e. The summed E-state index contributed by atoms with van der Waals surface area (Å²) in [6, 6.07) is 14.0. The van der Waals surface area contributed by atoms with Crippen molar-refractivity contribution in [1.82, 2.24) is 5.32 Å². The molecule has 2 aromatic rings. The van der Waals surface area contributed by atoms with Gasteiger partial charge in [-0.1, -0.05) is 41.5 Å². The van der Waals surface area contributed by atoms with Crippen LogP contribution in [-0.2, 0) is 0 Å². The van der Waals surface area contributed by atoms with Crippen LogP contribution in [-0.4, -0.2) is 5.91 Å². The Kier molecular flexibility index (Phi) is 4.23. The van der Waals surface area contributed by atoms with Crippen molar-refractivity contribution < 1.29 is 4.79 Å². The normalized spacial score (nSPS) is 12.0. The molecule has 0 fully saturated rings. The first-order valence-corrected chi connectivity index (χ1v) is 6.92. The van der Waals surface area contributed by atoms with E-state index in [9.17, 15) is 4.79 Å². The maximum atomic E-state index is 12.2. The molecule has 2 aromatic carbocycles. The van der Waals surface area contributed by atoms with Crippen molar-refractivity contribution in [2.24, 2.45) is 0 Å². The molecule has 20 heavy (non-hydrogen) atoms. The summed E-state index contributed by atoms with van der Waals surface area (Å²) in [4.78, 5) is 12.2. The quantitative estimate of drug-likeness (QED) is 0.891. The van der Waals surface area contributed by atoms with Crippen molar-refractivity contribution in [3.63, 3.8) is 0 Å².